The standard InChI is InChI=1S/C30H41N3O3/c1-5-22-11-8-12-24-26(20-32-30(22)24)25(23-13-14-27(35-3)28(18-23)36-4)19-29(34)31-15-9-17-33-16-7-6-10-21(33)2/h8,11-14,18,20-21,25,32H,5-7,9-10,15-17,19H2,1-4H3,(H,31,34). The highest BCUT2D eigenvalue weighted by atomic mass is 16.5. The van der Waals surface area contributed by atoms with Crippen molar-refractivity contribution < 1.29 is 14.3 Å². The molecular weight excluding hydrogens is 450 g/mol. The van der Waals surface area contributed by atoms with E-state index in [1.165, 1.54) is 36.8 Å². The van der Waals surface area contributed by atoms with Gasteiger partial charge in [0.05, 0.1) is 14.2 Å². The van der Waals surface area contributed by atoms with Crippen LogP contribution in [-0.2, 0) is 11.2 Å². The van der Waals surface area contributed by atoms with Crippen LogP contribution in [0.25, 0.3) is 10.9 Å². The monoisotopic (exact) mass is 491 g/mol. The van der Waals surface area contributed by atoms with E-state index in [0.29, 0.717) is 30.5 Å². The Balaban J connectivity index is 1.52. The molecule has 2 heterocycles. The number of aromatic nitrogens is 1. The second kappa shape index (κ2) is 12.3. The van der Waals surface area contributed by atoms with Crippen molar-refractivity contribution in [2.45, 2.75) is 64.3 Å². The van der Waals surface area contributed by atoms with Crippen molar-refractivity contribution in [2.75, 3.05) is 33.9 Å². The van der Waals surface area contributed by atoms with E-state index in [4.69, 9.17) is 9.47 Å². The van der Waals surface area contributed by atoms with Crippen molar-refractivity contribution >= 4 is 16.8 Å². The SMILES string of the molecule is CCc1cccc2c(C(CC(=O)NCCCN3CCCCC3C)c3ccc(OC)c(OC)c3)c[nH]c12. The number of carbonyl (C=O) groups excluding carboxylic acids is 1. The Labute approximate surface area is 215 Å². The second-order valence-electron chi connectivity index (χ2n) is 9.89. The van der Waals surface area contributed by atoms with Gasteiger partial charge in [0.25, 0.3) is 0 Å². The summed E-state index contributed by atoms with van der Waals surface area (Å²) < 4.78 is 11.0. The van der Waals surface area contributed by atoms with Crippen molar-refractivity contribution in [2.24, 2.45) is 0 Å². The van der Waals surface area contributed by atoms with Gasteiger partial charge < -0.3 is 24.7 Å². The molecule has 6 nitrogen and oxygen atoms in total. The molecule has 1 aliphatic rings. The first kappa shape index (κ1) is 26.1. The Hall–Kier alpha value is -2.99. The van der Waals surface area contributed by atoms with E-state index in [1.54, 1.807) is 14.2 Å². The second-order valence-corrected chi connectivity index (χ2v) is 9.89. The summed E-state index contributed by atoms with van der Waals surface area (Å²) >= 11 is 0. The minimum Gasteiger partial charge on any atom is -0.493 e. The van der Waals surface area contributed by atoms with E-state index in [9.17, 15) is 4.79 Å². The number of nitrogens with zero attached hydrogens (tertiary/aromatic N) is 1. The van der Waals surface area contributed by atoms with Crippen LogP contribution in [0.15, 0.2) is 42.6 Å². The van der Waals surface area contributed by atoms with Gasteiger partial charge in [0.15, 0.2) is 11.5 Å². The van der Waals surface area contributed by atoms with E-state index in [-0.39, 0.29) is 11.8 Å². The molecule has 2 atom stereocenters. The number of amides is 1. The molecule has 0 aliphatic carbocycles. The molecule has 0 radical (unpaired) electrons. The molecule has 3 aromatic rings. The number of likely N-dealkylation sites (tertiary alicyclic amines) is 1. The highest BCUT2D eigenvalue weighted by Crippen LogP contribution is 2.38. The van der Waals surface area contributed by atoms with Crippen molar-refractivity contribution in [1.29, 1.82) is 0 Å². The average molecular weight is 492 g/mol. The minimum atomic E-state index is -0.104. The van der Waals surface area contributed by atoms with Gasteiger partial charge in [-0.05, 0) is 68.0 Å². The Bertz CT molecular complexity index is 1160. The smallest absolute Gasteiger partial charge is 0.220 e. The fourth-order valence-electron chi connectivity index (χ4n) is 5.56. The van der Waals surface area contributed by atoms with Gasteiger partial charge in [0.2, 0.25) is 5.91 Å². The molecule has 1 amide bonds. The van der Waals surface area contributed by atoms with E-state index in [0.717, 1.165) is 36.0 Å². The Kier molecular flexibility index (Phi) is 8.92. The number of aromatic amines is 1. The average Bonchev–Trinajstić information content (AvgIpc) is 3.34. The number of hydrogen-bond acceptors (Lipinski definition) is 4. The van der Waals surface area contributed by atoms with Crippen LogP contribution in [0, 0.1) is 0 Å². The number of hydrogen-bond donors (Lipinski definition) is 2. The molecule has 4 rings (SSSR count). The highest BCUT2D eigenvalue weighted by Gasteiger charge is 2.24. The minimum absolute atomic E-state index is 0.0717. The first-order valence-corrected chi connectivity index (χ1v) is 13.4. The van der Waals surface area contributed by atoms with E-state index < -0.39 is 0 Å². The predicted octanol–water partition coefficient (Wildman–Crippen LogP) is 5.65. The number of benzene rings is 2. The molecule has 1 aromatic heterocycles. The summed E-state index contributed by atoms with van der Waals surface area (Å²) in [5.41, 5.74) is 4.59. The van der Waals surface area contributed by atoms with Crippen molar-refractivity contribution in [3.05, 3.63) is 59.3 Å². The number of rotatable bonds is 11. The first-order chi connectivity index (χ1) is 17.5. The van der Waals surface area contributed by atoms with Crippen LogP contribution in [0.2, 0.25) is 0 Å². The van der Waals surface area contributed by atoms with Gasteiger partial charge in [-0.3, -0.25) is 4.79 Å². The van der Waals surface area contributed by atoms with Crippen molar-refractivity contribution in [3.63, 3.8) is 0 Å². The van der Waals surface area contributed by atoms with Crippen LogP contribution in [0.4, 0.5) is 0 Å². The lowest BCUT2D eigenvalue weighted by Crippen LogP contribution is -2.39. The van der Waals surface area contributed by atoms with Crippen LogP contribution in [0.5, 0.6) is 11.5 Å². The highest BCUT2D eigenvalue weighted by molar-refractivity contribution is 5.88. The number of H-pyrrole nitrogens is 1. The quantitative estimate of drug-likeness (QED) is 0.340. The molecule has 1 fully saturated rings. The maximum absolute atomic E-state index is 13.2. The van der Waals surface area contributed by atoms with E-state index >= 15 is 0 Å². The summed E-state index contributed by atoms with van der Waals surface area (Å²) in [4.78, 5) is 19.2. The largest absolute Gasteiger partial charge is 0.493 e. The summed E-state index contributed by atoms with van der Waals surface area (Å²) in [7, 11) is 3.28. The number of fused-ring (bicyclic) bond motifs is 1. The number of nitrogens with one attached hydrogen (secondary N) is 2. The number of ether oxygens (including phenoxy) is 2. The summed E-state index contributed by atoms with van der Waals surface area (Å²) in [6, 6.07) is 13.0. The molecule has 1 saturated heterocycles. The lowest BCUT2D eigenvalue weighted by atomic mass is 9.87. The molecule has 0 saturated carbocycles. The fraction of sp³-hybridized carbons (Fsp3) is 0.500. The zero-order chi connectivity index (χ0) is 25.5. The third-order valence-electron chi connectivity index (χ3n) is 7.67. The molecular formula is C30H41N3O3. The van der Waals surface area contributed by atoms with Crippen LogP contribution in [0.3, 0.4) is 0 Å². The van der Waals surface area contributed by atoms with Crippen molar-refractivity contribution in [3.8, 4) is 11.5 Å². The fourth-order valence-corrected chi connectivity index (χ4v) is 5.56. The number of aryl methyl sites for hydroxylation is 1. The zero-order valence-corrected chi connectivity index (χ0v) is 22.2. The van der Waals surface area contributed by atoms with Gasteiger partial charge in [0, 0.05) is 48.6 Å². The van der Waals surface area contributed by atoms with Gasteiger partial charge in [-0.25, -0.2) is 0 Å². The molecule has 36 heavy (non-hydrogen) atoms. The van der Waals surface area contributed by atoms with Gasteiger partial charge >= 0.3 is 0 Å². The maximum atomic E-state index is 13.2. The van der Waals surface area contributed by atoms with Crippen molar-refractivity contribution in [1.82, 2.24) is 15.2 Å². The summed E-state index contributed by atoms with van der Waals surface area (Å²) in [5.74, 6) is 1.32. The molecule has 194 valence electrons. The Morgan fingerprint density at radius 3 is 2.75 bits per heavy atom. The molecule has 2 aromatic carbocycles. The number of methoxy groups -OCH3 is 2. The Morgan fingerprint density at radius 2 is 2.00 bits per heavy atom. The Morgan fingerprint density at radius 1 is 1.17 bits per heavy atom. The van der Waals surface area contributed by atoms with Gasteiger partial charge in [0.1, 0.15) is 0 Å². The summed E-state index contributed by atoms with van der Waals surface area (Å²) in [6.07, 6.45) is 8.27. The van der Waals surface area contributed by atoms with E-state index in [1.807, 2.05) is 18.2 Å². The lowest BCUT2D eigenvalue weighted by Gasteiger charge is -2.33. The molecule has 6 heteroatoms. The predicted molar refractivity (Wildman–Crippen MR) is 146 cm³/mol. The molecule has 2 unspecified atom stereocenters. The summed E-state index contributed by atoms with van der Waals surface area (Å²) in [5, 5.41) is 4.36. The zero-order valence-electron chi connectivity index (χ0n) is 22.2. The third kappa shape index (κ3) is 5.86. The first-order valence-electron chi connectivity index (χ1n) is 13.4. The molecule has 2 N–H and O–H groups in total. The molecule has 0 bridgehead atoms. The van der Waals surface area contributed by atoms with Gasteiger partial charge in [-0.1, -0.05) is 37.6 Å². The maximum Gasteiger partial charge on any atom is 0.220 e. The number of para-hydroxylation sites is 1. The normalized spacial score (nSPS) is 17.2. The lowest BCUT2D eigenvalue weighted by molar-refractivity contribution is -0.121. The van der Waals surface area contributed by atoms with Crippen LogP contribution < -0.4 is 14.8 Å². The van der Waals surface area contributed by atoms with Crippen LogP contribution >= 0.6 is 0 Å². The van der Waals surface area contributed by atoms with Gasteiger partial charge in [-0.2, -0.15) is 0 Å². The number of carbonyl (C=O) groups is 1. The van der Waals surface area contributed by atoms with Gasteiger partial charge in [-0.15, -0.1) is 0 Å². The topological polar surface area (TPSA) is 66.6 Å². The number of piperidine rings is 1. The van der Waals surface area contributed by atoms with Crippen LogP contribution in [-0.4, -0.2) is 55.7 Å². The molecule has 1 aliphatic heterocycles. The molecule has 0 spiro atoms. The summed E-state index contributed by atoms with van der Waals surface area (Å²) in [6.45, 7) is 7.41. The third-order valence-corrected chi connectivity index (χ3v) is 7.67. The van der Waals surface area contributed by atoms with Crippen LogP contribution in [0.1, 0.15) is 68.6 Å². The van der Waals surface area contributed by atoms with E-state index in [2.05, 4.69) is 53.4 Å².